The molecule has 6 nitrogen and oxygen atoms in total. The van der Waals surface area contributed by atoms with Crippen molar-refractivity contribution in [2.75, 3.05) is 26.0 Å². The maximum Gasteiger partial charge on any atom is 0.255 e. The van der Waals surface area contributed by atoms with Gasteiger partial charge in [0.05, 0.1) is 4.90 Å². The Morgan fingerprint density at radius 2 is 1.68 bits per heavy atom. The van der Waals surface area contributed by atoms with Crippen LogP contribution in [0.5, 0.6) is 0 Å². The standard InChI is InChI=1S/C23H33N3O3S.ClH/c1-16-10-8-9-11-20(16)22(27)24-21-13-12-19(14-17(21)2)30(28,29)25-18(3)23(4,5)15-26(6)7;/h8-14,18,25H,15H2,1-7H3,(H,24,27);1H. The lowest BCUT2D eigenvalue weighted by Crippen LogP contribution is -2.47. The number of rotatable bonds is 8. The van der Waals surface area contributed by atoms with E-state index in [-0.39, 0.29) is 34.7 Å². The van der Waals surface area contributed by atoms with Gasteiger partial charge < -0.3 is 10.2 Å². The van der Waals surface area contributed by atoms with E-state index in [0.29, 0.717) is 16.8 Å². The lowest BCUT2D eigenvalue weighted by atomic mass is 9.85. The largest absolute Gasteiger partial charge is 0.322 e. The van der Waals surface area contributed by atoms with E-state index < -0.39 is 10.0 Å². The first-order valence-corrected chi connectivity index (χ1v) is 11.5. The highest BCUT2D eigenvalue weighted by molar-refractivity contribution is 7.89. The average Bonchev–Trinajstić information content (AvgIpc) is 2.62. The second-order valence-electron chi connectivity index (χ2n) is 8.82. The molecular weight excluding hydrogens is 434 g/mol. The van der Waals surface area contributed by atoms with E-state index in [1.54, 1.807) is 25.1 Å². The lowest BCUT2D eigenvalue weighted by molar-refractivity contribution is 0.102. The molecule has 8 heteroatoms. The molecule has 0 aliphatic carbocycles. The molecular formula is C23H34ClN3O3S. The molecule has 2 aromatic carbocycles. The molecule has 0 aromatic heterocycles. The maximum atomic E-state index is 12.9. The first kappa shape index (κ1) is 27.1. The van der Waals surface area contributed by atoms with E-state index in [4.69, 9.17) is 0 Å². The zero-order valence-corrected chi connectivity index (χ0v) is 20.9. The number of nitrogens with zero attached hydrogens (tertiary/aromatic N) is 1. The third kappa shape index (κ3) is 7.04. The minimum absolute atomic E-state index is 0. The fraction of sp³-hybridized carbons (Fsp3) is 0.435. The number of aryl methyl sites for hydroxylation is 2. The number of hydrogen-bond donors (Lipinski definition) is 2. The van der Waals surface area contributed by atoms with Crippen LogP contribution >= 0.6 is 12.4 Å². The summed E-state index contributed by atoms with van der Waals surface area (Å²) in [5, 5.41) is 2.87. The minimum Gasteiger partial charge on any atom is -0.322 e. The Hall–Kier alpha value is -1.93. The minimum atomic E-state index is -3.69. The number of amides is 1. The highest BCUT2D eigenvalue weighted by Gasteiger charge is 2.30. The number of benzene rings is 2. The van der Waals surface area contributed by atoms with Crippen molar-refractivity contribution in [1.82, 2.24) is 9.62 Å². The first-order valence-electron chi connectivity index (χ1n) is 9.98. The van der Waals surface area contributed by atoms with Gasteiger partial charge in [0.15, 0.2) is 0 Å². The summed E-state index contributed by atoms with van der Waals surface area (Å²) in [5.41, 5.74) is 2.49. The van der Waals surface area contributed by atoms with Crippen LogP contribution in [0, 0.1) is 19.3 Å². The van der Waals surface area contributed by atoms with Crippen molar-refractivity contribution in [3.63, 3.8) is 0 Å². The predicted octanol–water partition coefficient (Wildman–Crippen LogP) is 4.23. The Morgan fingerprint density at radius 3 is 2.23 bits per heavy atom. The Bertz CT molecular complexity index is 1020. The van der Waals surface area contributed by atoms with Gasteiger partial charge in [-0.15, -0.1) is 12.4 Å². The van der Waals surface area contributed by atoms with Gasteiger partial charge in [0, 0.05) is 23.8 Å². The SMILES string of the molecule is Cc1cc(S(=O)(=O)NC(C)C(C)(C)CN(C)C)ccc1NC(=O)c1ccccc1C.Cl. The molecule has 1 amide bonds. The molecule has 2 N–H and O–H groups in total. The van der Waals surface area contributed by atoms with E-state index >= 15 is 0 Å². The monoisotopic (exact) mass is 467 g/mol. The predicted molar refractivity (Wildman–Crippen MR) is 130 cm³/mol. The Morgan fingerprint density at radius 1 is 1.06 bits per heavy atom. The Balaban J connectivity index is 0.00000480. The van der Waals surface area contributed by atoms with E-state index in [0.717, 1.165) is 12.1 Å². The van der Waals surface area contributed by atoms with E-state index in [9.17, 15) is 13.2 Å². The number of sulfonamides is 1. The van der Waals surface area contributed by atoms with Crippen LogP contribution in [0.15, 0.2) is 47.4 Å². The van der Waals surface area contributed by atoms with Crippen LogP contribution in [-0.2, 0) is 10.0 Å². The Kier molecular flexibility index (Phi) is 9.26. The molecule has 1 unspecified atom stereocenters. The smallest absolute Gasteiger partial charge is 0.255 e. The molecule has 2 aromatic rings. The van der Waals surface area contributed by atoms with Gasteiger partial charge in [-0.3, -0.25) is 4.79 Å². The molecule has 0 heterocycles. The maximum absolute atomic E-state index is 12.9. The molecule has 0 fully saturated rings. The summed E-state index contributed by atoms with van der Waals surface area (Å²) in [6.07, 6.45) is 0. The molecule has 0 saturated carbocycles. The molecule has 0 saturated heterocycles. The normalized spacial score (nSPS) is 12.9. The number of hydrogen-bond acceptors (Lipinski definition) is 4. The van der Waals surface area contributed by atoms with Gasteiger partial charge in [0.2, 0.25) is 10.0 Å². The summed E-state index contributed by atoms with van der Waals surface area (Å²) in [7, 11) is 0.251. The van der Waals surface area contributed by atoms with Crippen molar-refractivity contribution in [3.8, 4) is 0 Å². The van der Waals surface area contributed by atoms with Crippen molar-refractivity contribution in [2.45, 2.75) is 45.6 Å². The molecule has 31 heavy (non-hydrogen) atoms. The third-order valence-electron chi connectivity index (χ3n) is 5.37. The summed E-state index contributed by atoms with van der Waals surface area (Å²) >= 11 is 0. The summed E-state index contributed by atoms with van der Waals surface area (Å²) in [6, 6.07) is 11.8. The van der Waals surface area contributed by atoms with Crippen LogP contribution in [0.3, 0.4) is 0 Å². The molecule has 172 valence electrons. The van der Waals surface area contributed by atoms with Gasteiger partial charge in [-0.05, 0) is 75.7 Å². The second kappa shape index (κ2) is 10.6. The summed E-state index contributed by atoms with van der Waals surface area (Å²) in [4.78, 5) is 14.8. The van der Waals surface area contributed by atoms with Crippen molar-refractivity contribution >= 4 is 34.0 Å². The van der Waals surface area contributed by atoms with E-state index in [1.807, 2.05) is 64.9 Å². The Labute approximate surface area is 192 Å². The summed E-state index contributed by atoms with van der Waals surface area (Å²) < 4.78 is 28.6. The van der Waals surface area contributed by atoms with E-state index in [2.05, 4.69) is 10.0 Å². The second-order valence-corrected chi connectivity index (χ2v) is 10.5. The molecule has 0 radical (unpaired) electrons. The van der Waals surface area contributed by atoms with Gasteiger partial charge >= 0.3 is 0 Å². The van der Waals surface area contributed by atoms with Crippen molar-refractivity contribution in [2.24, 2.45) is 5.41 Å². The number of halogens is 1. The van der Waals surface area contributed by atoms with Crippen LogP contribution in [0.2, 0.25) is 0 Å². The van der Waals surface area contributed by atoms with Crippen LogP contribution in [0.1, 0.15) is 42.3 Å². The van der Waals surface area contributed by atoms with Crippen molar-refractivity contribution in [1.29, 1.82) is 0 Å². The molecule has 0 bridgehead atoms. The molecule has 1 atom stereocenters. The van der Waals surface area contributed by atoms with Crippen LogP contribution in [0.25, 0.3) is 0 Å². The van der Waals surface area contributed by atoms with Crippen LogP contribution in [0.4, 0.5) is 5.69 Å². The van der Waals surface area contributed by atoms with Gasteiger partial charge in [0.25, 0.3) is 5.91 Å². The highest BCUT2D eigenvalue weighted by atomic mass is 35.5. The molecule has 0 aliphatic heterocycles. The van der Waals surface area contributed by atoms with Gasteiger partial charge in [0.1, 0.15) is 0 Å². The van der Waals surface area contributed by atoms with Crippen molar-refractivity contribution < 1.29 is 13.2 Å². The highest BCUT2D eigenvalue weighted by Crippen LogP contribution is 2.25. The van der Waals surface area contributed by atoms with Gasteiger partial charge in [-0.1, -0.05) is 32.0 Å². The fourth-order valence-electron chi connectivity index (χ4n) is 3.37. The third-order valence-corrected chi connectivity index (χ3v) is 6.91. The van der Waals surface area contributed by atoms with Gasteiger partial charge in [-0.25, -0.2) is 13.1 Å². The first-order chi connectivity index (χ1) is 13.8. The summed E-state index contributed by atoms with van der Waals surface area (Å²) in [5.74, 6) is -0.219. The number of carbonyl (C=O) groups is 1. The quantitative estimate of drug-likeness (QED) is 0.608. The number of carbonyl (C=O) groups excluding carboxylic acids is 1. The van der Waals surface area contributed by atoms with Crippen LogP contribution in [-0.4, -0.2) is 45.9 Å². The average molecular weight is 468 g/mol. The zero-order valence-electron chi connectivity index (χ0n) is 19.3. The fourth-order valence-corrected chi connectivity index (χ4v) is 4.87. The van der Waals surface area contributed by atoms with E-state index in [1.165, 1.54) is 6.07 Å². The van der Waals surface area contributed by atoms with Crippen LogP contribution < -0.4 is 10.0 Å². The zero-order chi connectivity index (χ0) is 22.7. The summed E-state index contributed by atoms with van der Waals surface area (Å²) in [6.45, 7) is 10.4. The molecule has 0 aliphatic rings. The number of nitrogens with one attached hydrogen (secondary N) is 2. The molecule has 0 spiro atoms. The molecule has 2 rings (SSSR count). The lowest BCUT2D eigenvalue weighted by Gasteiger charge is -2.34. The topological polar surface area (TPSA) is 78.5 Å². The number of anilines is 1. The van der Waals surface area contributed by atoms with Crippen molar-refractivity contribution in [3.05, 3.63) is 59.2 Å². The van der Waals surface area contributed by atoms with Gasteiger partial charge in [-0.2, -0.15) is 0 Å².